The highest BCUT2D eigenvalue weighted by atomic mass is 16.1. The van der Waals surface area contributed by atoms with Crippen LogP contribution in [0, 0.1) is 0 Å². The molecule has 0 atom stereocenters. The molecular formula is C15H22N4O2. The number of unbranched alkanes of at least 4 members (excludes halogenated alkanes) is 3. The second kappa shape index (κ2) is 7.08. The standard InChI is InChI=1S/C15H22N4O2/c1-19(9-5-3-2-4-8-16)11-6-7-12-13(10-11)15(21)18-17-14(12)20/h6-7,10H,2-5,8-9,16H2,1H3,(H,17,20)(H,18,21). The molecule has 114 valence electrons. The van der Waals surface area contributed by atoms with Gasteiger partial charge >= 0.3 is 0 Å². The highest BCUT2D eigenvalue weighted by Gasteiger charge is 2.06. The fourth-order valence-electron chi connectivity index (χ4n) is 2.38. The zero-order chi connectivity index (χ0) is 15.2. The Morgan fingerprint density at radius 3 is 2.38 bits per heavy atom. The SMILES string of the molecule is CN(CCCCCCN)c1ccc2c(=O)[nH][nH]c(=O)c2c1. The maximum atomic E-state index is 11.8. The molecule has 0 saturated heterocycles. The van der Waals surface area contributed by atoms with Crippen LogP contribution in [0.3, 0.4) is 0 Å². The van der Waals surface area contributed by atoms with Crippen LogP contribution in [0.5, 0.6) is 0 Å². The third kappa shape index (κ3) is 3.72. The minimum Gasteiger partial charge on any atom is -0.375 e. The molecule has 2 rings (SSSR count). The van der Waals surface area contributed by atoms with E-state index in [0.29, 0.717) is 10.8 Å². The maximum Gasteiger partial charge on any atom is 0.270 e. The Hall–Kier alpha value is -2.08. The van der Waals surface area contributed by atoms with Crippen LogP contribution < -0.4 is 21.8 Å². The van der Waals surface area contributed by atoms with E-state index < -0.39 is 0 Å². The molecule has 0 unspecified atom stereocenters. The van der Waals surface area contributed by atoms with Crippen LogP contribution in [-0.4, -0.2) is 30.3 Å². The average molecular weight is 290 g/mol. The lowest BCUT2D eigenvalue weighted by molar-refractivity contribution is 0.643. The number of nitrogens with one attached hydrogen (secondary N) is 2. The van der Waals surface area contributed by atoms with Gasteiger partial charge in [-0.2, -0.15) is 0 Å². The van der Waals surface area contributed by atoms with Crippen LogP contribution in [0.4, 0.5) is 5.69 Å². The molecule has 4 N–H and O–H groups in total. The summed E-state index contributed by atoms with van der Waals surface area (Å²) in [6.07, 6.45) is 4.45. The van der Waals surface area contributed by atoms with Gasteiger partial charge in [0.05, 0.1) is 10.8 Å². The molecule has 0 fully saturated rings. The van der Waals surface area contributed by atoms with Crippen LogP contribution in [0.15, 0.2) is 27.8 Å². The second-order valence-corrected chi connectivity index (χ2v) is 5.26. The predicted molar refractivity (Wildman–Crippen MR) is 86.0 cm³/mol. The number of aromatic amines is 2. The van der Waals surface area contributed by atoms with Gasteiger partial charge in [-0.15, -0.1) is 0 Å². The zero-order valence-electron chi connectivity index (χ0n) is 12.3. The molecule has 0 radical (unpaired) electrons. The van der Waals surface area contributed by atoms with Gasteiger partial charge in [-0.25, -0.2) is 0 Å². The topological polar surface area (TPSA) is 95.0 Å². The molecule has 21 heavy (non-hydrogen) atoms. The van der Waals surface area contributed by atoms with E-state index in [-0.39, 0.29) is 11.1 Å². The number of aromatic nitrogens is 2. The summed E-state index contributed by atoms with van der Waals surface area (Å²) in [5, 5.41) is 5.52. The molecule has 0 aliphatic heterocycles. The van der Waals surface area contributed by atoms with Gasteiger partial charge in [-0.3, -0.25) is 19.8 Å². The fraction of sp³-hybridized carbons (Fsp3) is 0.467. The highest BCUT2D eigenvalue weighted by Crippen LogP contribution is 2.17. The highest BCUT2D eigenvalue weighted by molar-refractivity contribution is 5.84. The molecular weight excluding hydrogens is 268 g/mol. The van der Waals surface area contributed by atoms with E-state index in [0.717, 1.165) is 44.5 Å². The Kier molecular flexibility index (Phi) is 5.16. The molecule has 1 heterocycles. The average Bonchev–Trinajstić information content (AvgIpc) is 2.50. The summed E-state index contributed by atoms with van der Waals surface area (Å²) in [7, 11) is 1.99. The van der Waals surface area contributed by atoms with Crippen LogP contribution in [0.25, 0.3) is 10.8 Å². The number of hydrogen-bond donors (Lipinski definition) is 3. The normalized spacial score (nSPS) is 11.0. The summed E-state index contributed by atoms with van der Waals surface area (Å²) in [6, 6.07) is 5.34. The number of hydrogen-bond acceptors (Lipinski definition) is 4. The Balaban J connectivity index is 2.10. The van der Waals surface area contributed by atoms with E-state index >= 15 is 0 Å². The minimum atomic E-state index is -0.277. The van der Waals surface area contributed by atoms with E-state index in [9.17, 15) is 9.59 Å². The van der Waals surface area contributed by atoms with Gasteiger partial charge in [0.1, 0.15) is 0 Å². The van der Waals surface area contributed by atoms with Crippen molar-refractivity contribution in [3.8, 4) is 0 Å². The third-order valence-electron chi connectivity index (χ3n) is 3.67. The molecule has 0 bridgehead atoms. The first-order valence-corrected chi connectivity index (χ1v) is 7.29. The maximum absolute atomic E-state index is 11.8. The van der Waals surface area contributed by atoms with E-state index in [1.165, 1.54) is 0 Å². The Morgan fingerprint density at radius 1 is 1.00 bits per heavy atom. The first kappa shape index (κ1) is 15.3. The largest absolute Gasteiger partial charge is 0.375 e. The molecule has 6 nitrogen and oxygen atoms in total. The van der Waals surface area contributed by atoms with Gasteiger partial charge in [-0.05, 0) is 37.6 Å². The van der Waals surface area contributed by atoms with Crippen molar-refractivity contribution in [1.29, 1.82) is 0 Å². The number of anilines is 1. The zero-order valence-corrected chi connectivity index (χ0v) is 12.3. The molecule has 0 aliphatic rings. The van der Waals surface area contributed by atoms with Crippen molar-refractivity contribution in [3.63, 3.8) is 0 Å². The molecule has 0 saturated carbocycles. The van der Waals surface area contributed by atoms with Crippen molar-refractivity contribution in [2.24, 2.45) is 5.73 Å². The summed E-state index contributed by atoms with van der Waals surface area (Å²) in [5.74, 6) is 0. The number of H-pyrrole nitrogens is 2. The van der Waals surface area contributed by atoms with Crippen molar-refractivity contribution in [3.05, 3.63) is 38.9 Å². The monoisotopic (exact) mass is 290 g/mol. The molecule has 0 aliphatic carbocycles. The van der Waals surface area contributed by atoms with Gasteiger partial charge in [0.2, 0.25) is 0 Å². The summed E-state index contributed by atoms with van der Waals surface area (Å²) >= 11 is 0. The smallest absolute Gasteiger partial charge is 0.270 e. The second-order valence-electron chi connectivity index (χ2n) is 5.26. The molecule has 0 spiro atoms. The molecule has 1 aromatic carbocycles. The molecule has 6 heteroatoms. The fourth-order valence-corrected chi connectivity index (χ4v) is 2.38. The number of fused-ring (bicyclic) bond motifs is 1. The van der Waals surface area contributed by atoms with Crippen LogP contribution >= 0.6 is 0 Å². The van der Waals surface area contributed by atoms with Crippen LogP contribution in [-0.2, 0) is 0 Å². The number of nitrogens with two attached hydrogens (primary N) is 1. The first-order valence-electron chi connectivity index (χ1n) is 7.29. The lowest BCUT2D eigenvalue weighted by Crippen LogP contribution is -2.21. The molecule has 2 aromatic rings. The quantitative estimate of drug-likeness (QED) is 0.667. The number of rotatable bonds is 7. The first-order chi connectivity index (χ1) is 10.1. The van der Waals surface area contributed by atoms with Crippen molar-refractivity contribution < 1.29 is 0 Å². The predicted octanol–water partition coefficient (Wildman–Crippen LogP) is 1.17. The van der Waals surface area contributed by atoms with E-state index in [1.807, 2.05) is 13.1 Å². The Bertz CT molecular complexity index is 705. The minimum absolute atomic E-state index is 0.275. The molecule has 1 aromatic heterocycles. The molecule has 0 amide bonds. The Morgan fingerprint density at radius 2 is 1.67 bits per heavy atom. The van der Waals surface area contributed by atoms with Gasteiger partial charge in [-0.1, -0.05) is 12.8 Å². The Labute approximate surface area is 122 Å². The summed E-state index contributed by atoms with van der Waals surface area (Å²) in [6.45, 7) is 1.66. The van der Waals surface area contributed by atoms with Crippen molar-refractivity contribution in [2.45, 2.75) is 25.7 Å². The van der Waals surface area contributed by atoms with Crippen molar-refractivity contribution >= 4 is 16.5 Å². The number of benzene rings is 1. The number of nitrogens with zero attached hydrogens (tertiary/aromatic N) is 1. The lowest BCUT2D eigenvalue weighted by Gasteiger charge is -2.19. The van der Waals surface area contributed by atoms with Crippen LogP contribution in [0.2, 0.25) is 0 Å². The van der Waals surface area contributed by atoms with Gasteiger partial charge in [0.15, 0.2) is 0 Å². The van der Waals surface area contributed by atoms with E-state index in [2.05, 4.69) is 15.1 Å². The summed E-state index contributed by atoms with van der Waals surface area (Å²) in [4.78, 5) is 25.5. The van der Waals surface area contributed by atoms with E-state index in [1.54, 1.807) is 12.1 Å². The summed E-state index contributed by atoms with van der Waals surface area (Å²) in [5.41, 5.74) is 5.86. The third-order valence-corrected chi connectivity index (χ3v) is 3.67. The van der Waals surface area contributed by atoms with Crippen LogP contribution in [0.1, 0.15) is 25.7 Å². The van der Waals surface area contributed by atoms with Gasteiger partial charge < -0.3 is 10.6 Å². The summed E-state index contributed by atoms with van der Waals surface area (Å²) < 4.78 is 0. The van der Waals surface area contributed by atoms with Crippen molar-refractivity contribution in [1.82, 2.24) is 10.2 Å². The van der Waals surface area contributed by atoms with Crippen molar-refractivity contribution in [2.75, 3.05) is 25.0 Å². The lowest BCUT2D eigenvalue weighted by atomic mass is 10.1. The van der Waals surface area contributed by atoms with Gasteiger partial charge in [0.25, 0.3) is 11.1 Å². The van der Waals surface area contributed by atoms with E-state index in [4.69, 9.17) is 5.73 Å². The van der Waals surface area contributed by atoms with Gasteiger partial charge in [0, 0.05) is 19.3 Å².